The minimum Gasteiger partial charge on any atom is -0.493 e. The summed E-state index contributed by atoms with van der Waals surface area (Å²) in [5.74, 6) is 1.27. The molecule has 1 aromatic heterocycles. The molecule has 0 aliphatic heterocycles. The van der Waals surface area contributed by atoms with Crippen LogP contribution in [0.2, 0.25) is 0 Å². The minimum absolute atomic E-state index is 0.0126. The molecule has 0 aliphatic carbocycles. The van der Waals surface area contributed by atoms with E-state index in [0.717, 1.165) is 23.4 Å². The van der Waals surface area contributed by atoms with Gasteiger partial charge in [0.15, 0.2) is 11.5 Å². The summed E-state index contributed by atoms with van der Waals surface area (Å²) < 4.78 is 12.3. The van der Waals surface area contributed by atoms with Crippen LogP contribution in [0.4, 0.5) is 0 Å². The number of nitrogens with one attached hydrogen (secondary N) is 1. The van der Waals surface area contributed by atoms with E-state index < -0.39 is 0 Å². The van der Waals surface area contributed by atoms with E-state index in [1.807, 2.05) is 43.8 Å². The predicted molar refractivity (Wildman–Crippen MR) is 92.6 cm³/mol. The van der Waals surface area contributed by atoms with Gasteiger partial charge in [0.1, 0.15) is 0 Å². The molecule has 0 saturated heterocycles. The second-order valence-electron chi connectivity index (χ2n) is 5.74. The van der Waals surface area contributed by atoms with Crippen molar-refractivity contribution in [2.24, 2.45) is 7.05 Å². The standard InChI is InChI=1S/C18H25N3O3/c1-12-15(13(2)21(3)20-12)8-9-19-18(22)11-14-6-7-16(23-4)17(10-14)24-5/h6-7,10H,8-9,11H2,1-5H3,(H,19,22). The van der Waals surface area contributed by atoms with Crippen LogP contribution in [-0.2, 0) is 24.7 Å². The van der Waals surface area contributed by atoms with Gasteiger partial charge >= 0.3 is 0 Å². The maximum absolute atomic E-state index is 12.1. The highest BCUT2D eigenvalue weighted by molar-refractivity contribution is 5.78. The fourth-order valence-electron chi connectivity index (χ4n) is 2.74. The monoisotopic (exact) mass is 331 g/mol. The molecule has 0 atom stereocenters. The van der Waals surface area contributed by atoms with E-state index in [-0.39, 0.29) is 5.91 Å². The fourth-order valence-corrected chi connectivity index (χ4v) is 2.74. The summed E-state index contributed by atoms with van der Waals surface area (Å²) in [4.78, 5) is 12.1. The topological polar surface area (TPSA) is 65.4 Å². The molecule has 6 nitrogen and oxygen atoms in total. The van der Waals surface area contributed by atoms with Gasteiger partial charge in [-0.2, -0.15) is 5.10 Å². The molecule has 0 unspecified atom stereocenters. The second kappa shape index (κ2) is 7.86. The lowest BCUT2D eigenvalue weighted by atomic mass is 10.1. The molecule has 0 fully saturated rings. The van der Waals surface area contributed by atoms with Gasteiger partial charge in [-0.05, 0) is 43.5 Å². The largest absolute Gasteiger partial charge is 0.493 e. The number of benzene rings is 1. The van der Waals surface area contributed by atoms with E-state index in [0.29, 0.717) is 24.5 Å². The number of aryl methyl sites for hydroxylation is 2. The third kappa shape index (κ3) is 4.07. The van der Waals surface area contributed by atoms with Crippen LogP contribution in [0, 0.1) is 13.8 Å². The van der Waals surface area contributed by atoms with Gasteiger partial charge in [-0.15, -0.1) is 0 Å². The van der Waals surface area contributed by atoms with E-state index in [4.69, 9.17) is 9.47 Å². The van der Waals surface area contributed by atoms with Crippen molar-refractivity contribution < 1.29 is 14.3 Å². The van der Waals surface area contributed by atoms with Crippen molar-refractivity contribution in [3.05, 3.63) is 40.7 Å². The fraction of sp³-hybridized carbons (Fsp3) is 0.444. The van der Waals surface area contributed by atoms with Crippen molar-refractivity contribution in [1.29, 1.82) is 0 Å². The Labute approximate surface area is 142 Å². The number of amides is 1. The Bertz CT molecular complexity index is 723. The molecule has 1 N–H and O–H groups in total. The van der Waals surface area contributed by atoms with Crippen molar-refractivity contribution in [3.63, 3.8) is 0 Å². The van der Waals surface area contributed by atoms with Gasteiger partial charge < -0.3 is 14.8 Å². The second-order valence-corrected chi connectivity index (χ2v) is 5.74. The molecular formula is C18H25N3O3. The molecule has 24 heavy (non-hydrogen) atoms. The van der Waals surface area contributed by atoms with Crippen molar-refractivity contribution in [3.8, 4) is 11.5 Å². The Balaban J connectivity index is 1.89. The summed E-state index contributed by atoms with van der Waals surface area (Å²) in [6.45, 7) is 4.63. The first-order valence-electron chi connectivity index (χ1n) is 7.93. The zero-order valence-corrected chi connectivity index (χ0v) is 15.0. The molecule has 1 heterocycles. The lowest BCUT2D eigenvalue weighted by Crippen LogP contribution is -2.27. The molecule has 0 aliphatic rings. The first-order chi connectivity index (χ1) is 11.5. The summed E-state index contributed by atoms with van der Waals surface area (Å²) in [5, 5.41) is 7.35. The SMILES string of the molecule is COc1ccc(CC(=O)NCCc2c(C)nn(C)c2C)cc1OC. The van der Waals surface area contributed by atoms with E-state index in [9.17, 15) is 4.79 Å². The number of nitrogens with zero attached hydrogens (tertiary/aromatic N) is 2. The zero-order valence-electron chi connectivity index (χ0n) is 15.0. The maximum atomic E-state index is 12.1. The smallest absolute Gasteiger partial charge is 0.224 e. The Morgan fingerprint density at radius 3 is 2.50 bits per heavy atom. The molecule has 0 radical (unpaired) electrons. The number of carbonyl (C=O) groups excluding carboxylic acids is 1. The van der Waals surface area contributed by atoms with Gasteiger partial charge in [0, 0.05) is 19.3 Å². The lowest BCUT2D eigenvalue weighted by Gasteiger charge is -2.10. The van der Waals surface area contributed by atoms with Crippen LogP contribution in [0.25, 0.3) is 0 Å². The van der Waals surface area contributed by atoms with Gasteiger partial charge in [0.05, 0.1) is 26.3 Å². The molecule has 0 saturated carbocycles. The van der Waals surface area contributed by atoms with Crippen molar-refractivity contribution in [2.75, 3.05) is 20.8 Å². The molecule has 1 aromatic carbocycles. The van der Waals surface area contributed by atoms with Gasteiger partial charge in [0.25, 0.3) is 0 Å². The van der Waals surface area contributed by atoms with E-state index in [1.165, 1.54) is 5.56 Å². The minimum atomic E-state index is -0.0126. The number of hydrogen-bond acceptors (Lipinski definition) is 4. The number of methoxy groups -OCH3 is 2. The van der Waals surface area contributed by atoms with Crippen LogP contribution in [0.3, 0.4) is 0 Å². The molecular weight excluding hydrogens is 306 g/mol. The Morgan fingerprint density at radius 2 is 1.92 bits per heavy atom. The Kier molecular flexibility index (Phi) is 5.84. The summed E-state index contributed by atoms with van der Waals surface area (Å²) in [6.07, 6.45) is 1.09. The highest BCUT2D eigenvalue weighted by Gasteiger charge is 2.11. The van der Waals surface area contributed by atoms with Gasteiger partial charge in [-0.25, -0.2) is 0 Å². The quantitative estimate of drug-likeness (QED) is 0.842. The maximum Gasteiger partial charge on any atom is 0.224 e. The molecule has 1 amide bonds. The average Bonchev–Trinajstić information content (AvgIpc) is 2.80. The van der Waals surface area contributed by atoms with Gasteiger partial charge in [-0.1, -0.05) is 6.07 Å². The molecule has 2 rings (SSSR count). The van der Waals surface area contributed by atoms with Crippen LogP contribution in [0.1, 0.15) is 22.5 Å². The number of rotatable bonds is 7. The average molecular weight is 331 g/mol. The zero-order chi connectivity index (χ0) is 17.7. The third-order valence-corrected chi connectivity index (χ3v) is 4.17. The van der Waals surface area contributed by atoms with Crippen LogP contribution in [0.15, 0.2) is 18.2 Å². The van der Waals surface area contributed by atoms with Crippen LogP contribution in [-0.4, -0.2) is 36.5 Å². The van der Waals surface area contributed by atoms with Crippen LogP contribution >= 0.6 is 0 Å². The van der Waals surface area contributed by atoms with Gasteiger partial charge in [0.2, 0.25) is 5.91 Å². The highest BCUT2D eigenvalue weighted by Crippen LogP contribution is 2.27. The number of carbonyl (C=O) groups is 1. The third-order valence-electron chi connectivity index (χ3n) is 4.17. The molecule has 130 valence electrons. The van der Waals surface area contributed by atoms with Gasteiger partial charge in [-0.3, -0.25) is 9.48 Å². The van der Waals surface area contributed by atoms with Crippen LogP contribution < -0.4 is 14.8 Å². The van der Waals surface area contributed by atoms with Crippen LogP contribution in [0.5, 0.6) is 11.5 Å². The lowest BCUT2D eigenvalue weighted by molar-refractivity contribution is -0.120. The normalized spacial score (nSPS) is 10.5. The number of aromatic nitrogens is 2. The van der Waals surface area contributed by atoms with Crippen molar-refractivity contribution in [1.82, 2.24) is 15.1 Å². The summed E-state index contributed by atoms with van der Waals surface area (Å²) in [6, 6.07) is 5.51. The summed E-state index contributed by atoms with van der Waals surface area (Å²) in [7, 11) is 5.11. The number of hydrogen-bond donors (Lipinski definition) is 1. The first kappa shape index (κ1) is 17.8. The van der Waals surface area contributed by atoms with E-state index in [2.05, 4.69) is 10.4 Å². The van der Waals surface area contributed by atoms with Crippen molar-refractivity contribution >= 4 is 5.91 Å². The summed E-state index contributed by atoms with van der Waals surface area (Å²) in [5.41, 5.74) is 4.24. The molecule has 0 bridgehead atoms. The molecule has 2 aromatic rings. The Morgan fingerprint density at radius 1 is 1.21 bits per heavy atom. The van der Waals surface area contributed by atoms with Crippen molar-refractivity contribution in [2.45, 2.75) is 26.7 Å². The summed E-state index contributed by atoms with van der Waals surface area (Å²) >= 11 is 0. The molecule has 0 spiro atoms. The molecule has 6 heteroatoms. The Hall–Kier alpha value is -2.50. The number of ether oxygens (including phenoxy) is 2. The highest BCUT2D eigenvalue weighted by atomic mass is 16.5. The van der Waals surface area contributed by atoms with E-state index in [1.54, 1.807) is 14.2 Å². The first-order valence-corrected chi connectivity index (χ1v) is 7.93. The predicted octanol–water partition coefficient (Wildman–Crippen LogP) is 1.96. The van der Waals surface area contributed by atoms with E-state index >= 15 is 0 Å².